The number of aromatic hydroxyl groups is 1. The zero-order chi connectivity index (χ0) is 11.9. The van der Waals surface area contributed by atoms with Crippen LogP contribution in [0.15, 0.2) is 35.2 Å². The number of benzene rings is 2. The number of hydrogen-bond acceptors (Lipinski definition) is 4. The van der Waals surface area contributed by atoms with E-state index in [1.54, 1.807) is 0 Å². The summed E-state index contributed by atoms with van der Waals surface area (Å²) >= 11 is 0. The lowest BCUT2D eigenvalue weighted by atomic mass is 10.1. The summed E-state index contributed by atoms with van der Waals surface area (Å²) in [6.07, 6.45) is 0. The van der Waals surface area contributed by atoms with E-state index in [4.69, 9.17) is 10.3 Å². The quantitative estimate of drug-likeness (QED) is 0.515. The predicted octanol–water partition coefficient (Wildman–Crippen LogP) is 1.37. The molecule has 0 aliphatic rings. The van der Waals surface area contributed by atoms with Crippen molar-refractivity contribution >= 4 is 26.6 Å². The van der Waals surface area contributed by atoms with Crippen LogP contribution in [-0.2, 0) is 10.1 Å². The van der Waals surface area contributed by atoms with Crippen molar-refractivity contribution in [3.05, 3.63) is 30.3 Å². The van der Waals surface area contributed by atoms with Gasteiger partial charge in [0.15, 0.2) is 0 Å². The number of anilines is 1. The van der Waals surface area contributed by atoms with Crippen LogP contribution in [0.2, 0.25) is 0 Å². The Morgan fingerprint density at radius 3 is 2.44 bits per heavy atom. The van der Waals surface area contributed by atoms with E-state index in [1.165, 1.54) is 24.3 Å². The maximum Gasteiger partial charge on any atom is 0.294 e. The molecule has 0 saturated carbocycles. The molecule has 0 aliphatic carbocycles. The number of phenolic OH excluding ortho intramolecular Hbond substituents is 1. The van der Waals surface area contributed by atoms with E-state index in [1.807, 2.05) is 0 Å². The Kier molecular flexibility index (Phi) is 2.25. The number of phenols is 1. The van der Waals surface area contributed by atoms with E-state index in [0.717, 1.165) is 6.07 Å². The molecule has 0 heterocycles. The molecule has 6 heteroatoms. The Labute approximate surface area is 91.9 Å². The van der Waals surface area contributed by atoms with Crippen molar-refractivity contribution in [3.8, 4) is 5.75 Å². The smallest absolute Gasteiger partial charge is 0.294 e. The molecule has 0 radical (unpaired) electrons. The molecule has 5 nitrogen and oxygen atoms in total. The zero-order valence-electron chi connectivity index (χ0n) is 8.08. The van der Waals surface area contributed by atoms with Gasteiger partial charge in [-0.15, -0.1) is 0 Å². The van der Waals surface area contributed by atoms with Gasteiger partial charge in [-0.3, -0.25) is 4.55 Å². The molecule has 84 valence electrons. The highest BCUT2D eigenvalue weighted by Crippen LogP contribution is 2.28. The van der Waals surface area contributed by atoms with Gasteiger partial charge in [-0.1, -0.05) is 6.07 Å². The van der Waals surface area contributed by atoms with Crippen LogP contribution in [0.5, 0.6) is 5.75 Å². The minimum absolute atomic E-state index is 0.0406. The summed E-state index contributed by atoms with van der Waals surface area (Å²) in [4.78, 5) is -0.261. The minimum atomic E-state index is -4.27. The Hall–Kier alpha value is -1.79. The number of fused-ring (bicyclic) bond motifs is 1. The van der Waals surface area contributed by atoms with E-state index >= 15 is 0 Å². The molecular formula is C10H9NO4S. The van der Waals surface area contributed by atoms with Gasteiger partial charge < -0.3 is 10.8 Å². The van der Waals surface area contributed by atoms with Crippen LogP contribution in [0.3, 0.4) is 0 Å². The highest BCUT2D eigenvalue weighted by Gasteiger charge is 2.12. The molecule has 0 atom stereocenters. The van der Waals surface area contributed by atoms with Gasteiger partial charge in [-0.25, -0.2) is 0 Å². The van der Waals surface area contributed by atoms with Crippen LogP contribution in [0.1, 0.15) is 0 Å². The van der Waals surface area contributed by atoms with Crippen molar-refractivity contribution < 1.29 is 18.1 Å². The number of hydrogen-bond donors (Lipinski definition) is 3. The average Bonchev–Trinajstić information content (AvgIpc) is 2.17. The number of nitrogens with two attached hydrogens (primary N) is 1. The summed E-state index contributed by atoms with van der Waals surface area (Å²) in [5.41, 5.74) is 5.82. The first kappa shape index (κ1) is 10.7. The topological polar surface area (TPSA) is 101 Å². The van der Waals surface area contributed by atoms with E-state index < -0.39 is 10.1 Å². The first-order valence-corrected chi connectivity index (χ1v) is 5.82. The SMILES string of the molecule is Nc1cc(S(=O)(=O)O)cc2ccc(O)cc12. The van der Waals surface area contributed by atoms with Crippen molar-refractivity contribution in [2.45, 2.75) is 4.90 Å². The molecule has 0 saturated heterocycles. The molecule has 0 aliphatic heterocycles. The molecule has 0 spiro atoms. The second kappa shape index (κ2) is 3.36. The first-order valence-electron chi connectivity index (χ1n) is 4.38. The Morgan fingerprint density at radius 1 is 1.12 bits per heavy atom. The fourth-order valence-electron chi connectivity index (χ4n) is 1.50. The average molecular weight is 239 g/mol. The van der Waals surface area contributed by atoms with Crippen molar-refractivity contribution in [3.63, 3.8) is 0 Å². The number of rotatable bonds is 1. The summed E-state index contributed by atoms with van der Waals surface area (Å²) in [5.74, 6) is 0.0406. The van der Waals surface area contributed by atoms with Crippen LogP contribution >= 0.6 is 0 Å². The largest absolute Gasteiger partial charge is 0.508 e. The third-order valence-electron chi connectivity index (χ3n) is 2.24. The van der Waals surface area contributed by atoms with Gasteiger partial charge in [0.25, 0.3) is 10.1 Å². The monoisotopic (exact) mass is 239 g/mol. The van der Waals surface area contributed by atoms with Crippen LogP contribution in [0, 0.1) is 0 Å². The molecule has 0 fully saturated rings. The van der Waals surface area contributed by atoms with Gasteiger partial charge in [0.1, 0.15) is 5.75 Å². The molecule has 0 unspecified atom stereocenters. The molecule has 2 aromatic carbocycles. The van der Waals surface area contributed by atoms with Gasteiger partial charge in [0.05, 0.1) is 4.90 Å². The maximum absolute atomic E-state index is 10.9. The van der Waals surface area contributed by atoms with Gasteiger partial charge in [-0.2, -0.15) is 8.42 Å². The highest BCUT2D eigenvalue weighted by atomic mass is 32.2. The Balaban J connectivity index is 2.84. The standard InChI is InChI=1S/C10H9NO4S/c11-10-5-8(16(13,14)15)3-6-1-2-7(12)4-9(6)10/h1-5,12H,11H2,(H,13,14,15). The van der Waals surface area contributed by atoms with Crippen LogP contribution in [0.25, 0.3) is 10.8 Å². The van der Waals surface area contributed by atoms with Crippen molar-refractivity contribution in [2.24, 2.45) is 0 Å². The van der Waals surface area contributed by atoms with Crippen LogP contribution < -0.4 is 5.73 Å². The molecule has 4 N–H and O–H groups in total. The van der Waals surface area contributed by atoms with Gasteiger partial charge >= 0.3 is 0 Å². The van der Waals surface area contributed by atoms with E-state index in [9.17, 15) is 13.5 Å². The fourth-order valence-corrected chi connectivity index (χ4v) is 2.05. The first-order chi connectivity index (χ1) is 7.38. The second-order valence-corrected chi connectivity index (χ2v) is 4.81. The molecule has 2 aromatic rings. The molecule has 0 aromatic heterocycles. The number of nitrogen functional groups attached to an aromatic ring is 1. The zero-order valence-corrected chi connectivity index (χ0v) is 8.90. The predicted molar refractivity (Wildman–Crippen MR) is 59.8 cm³/mol. The van der Waals surface area contributed by atoms with Crippen molar-refractivity contribution in [1.29, 1.82) is 0 Å². The van der Waals surface area contributed by atoms with Crippen LogP contribution in [-0.4, -0.2) is 18.1 Å². The maximum atomic E-state index is 10.9. The van der Waals surface area contributed by atoms with Crippen molar-refractivity contribution in [2.75, 3.05) is 5.73 Å². The van der Waals surface area contributed by atoms with Crippen molar-refractivity contribution in [1.82, 2.24) is 0 Å². The van der Waals surface area contributed by atoms with E-state index in [2.05, 4.69) is 0 Å². The van der Waals surface area contributed by atoms with Gasteiger partial charge in [0, 0.05) is 11.1 Å². The van der Waals surface area contributed by atoms with Gasteiger partial charge in [0.2, 0.25) is 0 Å². The molecule has 2 rings (SSSR count). The Morgan fingerprint density at radius 2 is 1.81 bits per heavy atom. The van der Waals surface area contributed by atoms with Crippen LogP contribution in [0.4, 0.5) is 5.69 Å². The third-order valence-corrected chi connectivity index (χ3v) is 3.07. The summed E-state index contributed by atoms with van der Waals surface area (Å²) in [5, 5.41) is 10.3. The fraction of sp³-hybridized carbons (Fsp3) is 0. The van der Waals surface area contributed by atoms with E-state index in [-0.39, 0.29) is 16.3 Å². The summed E-state index contributed by atoms with van der Waals surface area (Å²) in [6, 6.07) is 6.81. The highest BCUT2D eigenvalue weighted by molar-refractivity contribution is 7.85. The molecule has 16 heavy (non-hydrogen) atoms. The second-order valence-electron chi connectivity index (χ2n) is 3.39. The molecule has 0 bridgehead atoms. The minimum Gasteiger partial charge on any atom is -0.508 e. The summed E-state index contributed by atoms with van der Waals surface area (Å²) in [7, 11) is -4.27. The molecular weight excluding hydrogens is 230 g/mol. The third kappa shape index (κ3) is 1.80. The normalized spacial score (nSPS) is 11.8. The van der Waals surface area contributed by atoms with Gasteiger partial charge in [-0.05, 0) is 29.7 Å². The molecule has 0 amide bonds. The lowest BCUT2D eigenvalue weighted by Crippen LogP contribution is -1.99. The Bertz CT molecular complexity index is 664. The lowest BCUT2D eigenvalue weighted by Gasteiger charge is -2.05. The summed E-state index contributed by atoms with van der Waals surface area (Å²) < 4.78 is 30.8. The lowest BCUT2D eigenvalue weighted by molar-refractivity contribution is 0.476. The van der Waals surface area contributed by atoms with E-state index in [0.29, 0.717) is 10.8 Å². The summed E-state index contributed by atoms with van der Waals surface area (Å²) in [6.45, 7) is 0.